The van der Waals surface area contributed by atoms with E-state index in [1.54, 1.807) is 36.4 Å². The summed E-state index contributed by atoms with van der Waals surface area (Å²) < 4.78 is 24.9. The van der Waals surface area contributed by atoms with Gasteiger partial charge in [-0.05, 0) is 37.8 Å². The first-order valence-corrected chi connectivity index (χ1v) is 13.3. The Hall–Kier alpha value is -2.19. The van der Waals surface area contributed by atoms with Crippen LogP contribution in [0, 0.1) is 0 Å². The maximum atomic E-state index is 12.7. The van der Waals surface area contributed by atoms with Crippen molar-refractivity contribution in [3.63, 3.8) is 0 Å². The summed E-state index contributed by atoms with van der Waals surface area (Å²) in [6.45, 7) is 9.70. The number of hydrogen-bond acceptors (Lipinski definition) is 6. The first-order valence-electron chi connectivity index (χ1n) is 11.5. The van der Waals surface area contributed by atoms with E-state index in [2.05, 4.69) is 0 Å². The van der Waals surface area contributed by atoms with Crippen LogP contribution < -0.4 is 4.74 Å². The number of carbonyl (C=O) groups excluding carboxylic acids is 1. The van der Waals surface area contributed by atoms with Crippen molar-refractivity contribution in [2.45, 2.75) is 59.1 Å². The molecule has 2 rings (SSSR count). The van der Waals surface area contributed by atoms with E-state index in [4.69, 9.17) is 18.0 Å². The van der Waals surface area contributed by atoms with E-state index >= 15 is 0 Å². The van der Waals surface area contributed by atoms with E-state index < -0.39 is 14.5 Å². The van der Waals surface area contributed by atoms with Crippen molar-refractivity contribution in [2.24, 2.45) is 0 Å². The minimum atomic E-state index is -3.15. The number of benzene rings is 2. The van der Waals surface area contributed by atoms with Crippen molar-refractivity contribution in [1.82, 2.24) is 0 Å². The van der Waals surface area contributed by atoms with Crippen LogP contribution in [0.1, 0.15) is 69.3 Å². The Labute approximate surface area is 192 Å². The van der Waals surface area contributed by atoms with Crippen molar-refractivity contribution in [3.05, 3.63) is 59.7 Å². The van der Waals surface area contributed by atoms with Crippen LogP contribution in [-0.2, 0) is 13.3 Å². The third-order valence-electron chi connectivity index (χ3n) is 4.82. The summed E-state index contributed by atoms with van der Waals surface area (Å²) in [4.78, 5) is 12.7. The summed E-state index contributed by atoms with van der Waals surface area (Å²) in [5, 5.41) is 10.6. The average Bonchev–Trinajstić information content (AvgIpc) is 2.82. The molecule has 1 unspecified atom stereocenters. The van der Waals surface area contributed by atoms with Gasteiger partial charge >= 0.3 is 8.80 Å². The van der Waals surface area contributed by atoms with E-state index in [0.29, 0.717) is 37.6 Å². The SMILES string of the molecule is CCCO[Si](OCCC)(OCCC)C(CC)Oc1ccc(C(=O)c2ccccc2)c(O)c1. The van der Waals surface area contributed by atoms with Gasteiger partial charge in [-0.25, -0.2) is 0 Å². The molecule has 0 amide bonds. The molecule has 0 bridgehead atoms. The predicted molar refractivity (Wildman–Crippen MR) is 127 cm³/mol. The van der Waals surface area contributed by atoms with Gasteiger partial charge in [0.2, 0.25) is 0 Å². The van der Waals surface area contributed by atoms with Crippen molar-refractivity contribution in [2.75, 3.05) is 19.8 Å². The number of aromatic hydroxyl groups is 1. The molecule has 6 nitrogen and oxygen atoms in total. The first kappa shape index (κ1) is 26.1. The number of ketones is 1. The van der Waals surface area contributed by atoms with Crippen LogP contribution in [0.3, 0.4) is 0 Å². The minimum Gasteiger partial charge on any atom is -0.507 e. The summed E-state index contributed by atoms with van der Waals surface area (Å²) in [5.74, 6) is 0.0716. The third kappa shape index (κ3) is 6.90. The van der Waals surface area contributed by atoms with Crippen molar-refractivity contribution >= 4 is 14.6 Å². The molecule has 0 aliphatic rings. The molecular formula is C25H36O6Si. The normalized spacial score (nSPS) is 12.5. The summed E-state index contributed by atoms with van der Waals surface area (Å²) in [5.41, 5.74) is 0.317. The Bertz CT molecular complexity index is 805. The lowest BCUT2D eigenvalue weighted by Gasteiger charge is -2.35. The van der Waals surface area contributed by atoms with Gasteiger partial charge in [0.15, 0.2) is 11.5 Å². The fraction of sp³-hybridized carbons (Fsp3) is 0.480. The second-order valence-corrected chi connectivity index (χ2v) is 10.3. The lowest BCUT2D eigenvalue weighted by atomic mass is 10.0. The summed E-state index contributed by atoms with van der Waals surface area (Å²) in [6, 6.07) is 13.6. The number of hydrogen-bond donors (Lipinski definition) is 1. The zero-order valence-electron chi connectivity index (χ0n) is 19.6. The van der Waals surface area contributed by atoms with E-state index in [9.17, 15) is 9.90 Å². The number of ether oxygens (including phenoxy) is 1. The van der Waals surface area contributed by atoms with Crippen LogP contribution in [-0.4, -0.2) is 45.2 Å². The third-order valence-corrected chi connectivity index (χ3v) is 7.95. The molecule has 0 aliphatic carbocycles. The van der Waals surface area contributed by atoms with Gasteiger partial charge in [0.25, 0.3) is 0 Å². The highest BCUT2D eigenvalue weighted by atomic mass is 28.4. The Morgan fingerprint density at radius 2 is 1.44 bits per heavy atom. The summed E-state index contributed by atoms with van der Waals surface area (Å²) in [6.07, 6.45) is 3.14. The Morgan fingerprint density at radius 3 is 1.91 bits per heavy atom. The maximum Gasteiger partial charge on any atom is 0.543 e. The minimum absolute atomic E-state index is 0.128. The fourth-order valence-corrected chi connectivity index (χ4v) is 6.28. The summed E-state index contributed by atoms with van der Waals surface area (Å²) >= 11 is 0. The number of phenolic OH excluding ortho intramolecular Hbond substituents is 1. The highest BCUT2D eigenvalue weighted by molar-refractivity contribution is 6.62. The lowest BCUT2D eigenvalue weighted by molar-refractivity contribution is 0.0192. The second-order valence-electron chi connectivity index (χ2n) is 7.54. The monoisotopic (exact) mass is 460 g/mol. The largest absolute Gasteiger partial charge is 0.543 e. The quantitative estimate of drug-likeness (QED) is 0.278. The van der Waals surface area contributed by atoms with Crippen molar-refractivity contribution in [3.8, 4) is 11.5 Å². The van der Waals surface area contributed by atoms with Gasteiger partial charge in [0.1, 0.15) is 11.5 Å². The fourth-order valence-electron chi connectivity index (χ4n) is 3.23. The molecule has 0 fully saturated rings. The predicted octanol–water partition coefficient (Wildman–Crippen LogP) is 5.54. The van der Waals surface area contributed by atoms with E-state index in [1.807, 2.05) is 33.8 Å². The van der Waals surface area contributed by atoms with Gasteiger partial charge in [0.05, 0.1) is 5.56 Å². The maximum absolute atomic E-state index is 12.7. The molecule has 7 heteroatoms. The van der Waals surface area contributed by atoms with Crippen LogP contribution in [0.2, 0.25) is 0 Å². The van der Waals surface area contributed by atoms with Crippen molar-refractivity contribution < 1.29 is 27.9 Å². The molecule has 1 atom stereocenters. The Morgan fingerprint density at radius 1 is 0.875 bits per heavy atom. The summed E-state index contributed by atoms with van der Waals surface area (Å²) in [7, 11) is -3.15. The van der Waals surface area contributed by atoms with E-state index in [0.717, 1.165) is 19.3 Å². The molecule has 0 spiro atoms. The van der Waals surface area contributed by atoms with E-state index in [-0.39, 0.29) is 17.1 Å². The highest BCUT2D eigenvalue weighted by Gasteiger charge is 2.51. The van der Waals surface area contributed by atoms with Crippen LogP contribution in [0.15, 0.2) is 48.5 Å². The van der Waals surface area contributed by atoms with Gasteiger partial charge in [0, 0.05) is 31.5 Å². The number of rotatable bonds is 15. The molecule has 176 valence electrons. The standard InChI is InChI=1S/C25H36O6Si/c1-5-16-28-32(29-17-6-2,30-18-7-3)24(8-4)31-21-14-15-22(23(26)19-21)25(27)20-12-10-9-11-13-20/h9-15,19,24,26H,5-8,16-18H2,1-4H3. The first-order chi connectivity index (χ1) is 15.5. The topological polar surface area (TPSA) is 74.2 Å². The Kier molecular flexibility index (Phi) is 10.9. The molecule has 0 heterocycles. The molecule has 1 N–H and O–H groups in total. The average molecular weight is 461 g/mol. The Balaban J connectivity index is 2.28. The lowest BCUT2D eigenvalue weighted by Crippen LogP contribution is -2.59. The molecule has 2 aromatic carbocycles. The number of carbonyl (C=O) groups is 1. The molecule has 0 saturated heterocycles. The molecule has 0 aromatic heterocycles. The molecule has 0 aliphatic heterocycles. The van der Waals surface area contributed by atoms with E-state index in [1.165, 1.54) is 6.07 Å². The molecule has 0 saturated carbocycles. The molecular weight excluding hydrogens is 424 g/mol. The molecule has 32 heavy (non-hydrogen) atoms. The van der Waals surface area contributed by atoms with Crippen LogP contribution in [0.4, 0.5) is 0 Å². The van der Waals surface area contributed by atoms with Crippen LogP contribution in [0.25, 0.3) is 0 Å². The smallest absolute Gasteiger partial charge is 0.507 e. The van der Waals surface area contributed by atoms with Crippen LogP contribution in [0.5, 0.6) is 11.5 Å². The number of phenols is 1. The van der Waals surface area contributed by atoms with Crippen LogP contribution >= 0.6 is 0 Å². The van der Waals surface area contributed by atoms with Crippen molar-refractivity contribution in [1.29, 1.82) is 0 Å². The van der Waals surface area contributed by atoms with Gasteiger partial charge in [-0.15, -0.1) is 0 Å². The highest BCUT2D eigenvalue weighted by Crippen LogP contribution is 2.29. The second kappa shape index (κ2) is 13.4. The van der Waals surface area contributed by atoms with Gasteiger partial charge < -0.3 is 23.1 Å². The molecule has 2 aromatic rings. The van der Waals surface area contributed by atoms with Gasteiger partial charge in [-0.1, -0.05) is 58.0 Å². The zero-order valence-corrected chi connectivity index (χ0v) is 20.6. The zero-order chi connectivity index (χ0) is 23.4. The molecule has 0 radical (unpaired) electrons. The van der Waals surface area contributed by atoms with Gasteiger partial charge in [-0.2, -0.15) is 0 Å². The van der Waals surface area contributed by atoms with Gasteiger partial charge in [-0.3, -0.25) is 4.79 Å².